The summed E-state index contributed by atoms with van der Waals surface area (Å²) in [7, 11) is 0. The molecule has 0 aliphatic carbocycles. The van der Waals surface area contributed by atoms with Crippen molar-refractivity contribution in [3.63, 3.8) is 0 Å². The molecular weight excluding hydrogens is 336 g/mol. The molecule has 112 valence electrons. The van der Waals surface area contributed by atoms with Gasteiger partial charge in [0.2, 0.25) is 0 Å². The van der Waals surface area contributed by atoms with Gasteiger partial charge in [0, 0.05) is 10.0 Å². The number of halogens is 3. The molecule has 0 saturated carbocycles. The van der Waals surface area contributed by atoms with Crippen molar-refractivity contribution in [2.75, 3.05) is 6.54 Å². The van der Waals surface area contributed by atoms with E-state index in [2.05, 4.69) is 21.2 Å². The van der Waals surface area contributed by atoms with Crippen molar-refractivity contribution in [3.05, 3.63) is 69.2 Å². The molecule has 0 radical (unpaired) electrons. The highest BCUT2D eigenvalue weighted by molar-refractivity contribution is 9.10. The van der Waals surface area contributed by atoms with E-state index >= 15 is 0 Å². The third kappa shape index (κ3) is 3.89. The first kappa shape index (κ1) is 16.1. The van der Waals surface area contributed by atoms with Crippen LogP contribution in [0.15, 0.2) is 40.9 Å². The van der Waals surface area contributed by atoms with Crippen molar-refractivity contribution < 1.29 is 8.78 Å². The molecule has 0 aromatic heterocycles. The third-order valence-electron chi connectivity index (χ3n) is 3.42. The average Bonchev–Trinajstić information content (AvgIpc) is 2.44. The fourth-order valence-electron chi connectivity index (χ4n) is 2.33. The molecule has 0 bridgehead atoms. The van der Waals surface area contributed by atoms with E-state index in [1.165, 1.54) is 18.2 Å². The Kier molecular flexibility index (Phi) is 5.48. The molecule has 4 heteroatoms. The highest BCUT2D eigenvalue weighted by Gasteiger charge is 2.19. The van der Waals surface area contributed by atoms with Crippen LogP contribution in [-0.2, 0) is 0 Å². The van der Waals surface area contributed by atoms with Gasteiger partial charge in [0.05, 0.1) is 6.04 Å². The molecule has 0 fully saturated rings. The van der Waals surface area contributed by atoms with Crippen LogP contribution in [0.4, 0.5) is 8.78 Å². The van der Waals surface area contributed by atoms with Crippen molar-refractivity contribution in [2.24, 2.45) is 0 Å². The van der Waals surface area contributed by atoms with Crippen LogP contribution < -0.4 is 5.32 Å². The van der Waals surface area contributed by atoms with Crippen LogP contribution in [0.25, 0.3) is 0 Å². The molecule has 0 amide bonds. The highest BCUT2D eigenvalue weighted by atomic mass is 79.9. The molecule has 21 heavy (non-hydrogen) atoms. The second kappa shape index (κ2) is 7.14. The molecule has 0 aliphatic heterocycles. The Bertz CT molecular complexity index is 628. The summed E-state index contributed by atoms with van der Waals surface area (Å²) in [5.74, 6) is -0.613. The van der Waals surface area contributed by atoms with Gasteiger partial charge in [-0.3, -0.25) is 0 Å². The summed E-state index contributed by atoms with van der Waals surface area (Å²) in [5.41, 5.74) is 2.23. The zero-order valence-electron chi connectivity index (χ0n) is 12.1. The van der Waals surface area contributed by atoms with E-state index in [1.54, 1.807) is 18.2 Å². The Morgan fingerprint density at radius 2 is 1.86 bits per heavy atom. The maximum atomic E-state index is 14.3. The summed E-state index contributed by atoms with van der Waals surface area (Å²) < 4.78 is 28.6. The van der Waals surface area contributed by atoms with Crippen molar-refractivity contribution >= 4 is 15.9 Å². The molecular formula is C17H18BrF2N. The summed E-state index contributed by atoms with van der Waals surface area (Å²) >= 11 is 3.26. The fourth-order valence-corrected chi connectivity index (χ4v) is 2.67. The first-order chi connectivity index (χ1) is 10.0. The number of benzene rings is 2. The molecule has 0 aliphatic rings. The predicted octanol–water partition coefficient (Wildman–Crippen LogP) is 5.12. The van der Waals surface area contributed by atoms with Crippen LogP contribution in [0.5, 0.6) is 0 Å². The van der Waals surface area contributed by atoms with E-state index in [0.29, 0.717) is 10.0 Å². The standard InChI is InChI=1S/C17H18BrF2N/c1-3-8-21-17(14-7-5-12(18)9-16(14)20)15-10-13(19)6-4-11(15)2/h4-7,9-10,17,21H,3,8H2,1-2H3. The van der Waals surface area contributed by atoms with Gasteiger partial charge in [-0.15, -0.1) is 0 Å². The SMILES string of the molecule is CCCNC(c1cc(F)ccc1C)c1ccc(Br)cc1F. The predicted molar refractivity (Wildman–Crippen MR) is 85.4 cm³/mol. The van der Waals surface area contributed by atoms with Gasteiger partial charge in [-0.25, -0.2) is 8.78 Å². The normalized spacial score (nSPS) is 12.4. The zero-order chi connectivity index (χ0) is 15.4. The summed E-state index contributed by atoms with van der Waals surface area (Å²) in [4.78, 5) is 0. The molecule has 0 saturated heterocycles. The van der Waals surface area contributed by atoms with Crippen LogP contribution in [0, 0.1) is 18.6 Å². The molecule has 1 nitrogen and oxygen atoms in total. The van der Waals surface area contributed by atoms with Crippen molar-refractivity contribution in [3.8, 4) is 0 Å². The van der Waals surface area contributed by atoms with Crippen LogP contribution >= 0.6 is 15.9 Å². The van der Waals surface area contributed by atoms with Crippen LogP contribution in [0.3, 0.4) is 0 Å². The quantitative estimate of drug-likeness (QED) is 0.785. The summed E-state index contributed by atoms with van der Waals surface area (Å²) in [6, 6.07) is 9.24. The van der Waals surface area contributed by atoms with Gasteiger partial charge >= 0.3 is 0 Å². The monoisotopic (exact) mass is 353 g/mol. The van der Waals surface area contributed by atoms with Crippen LogP contribution in [-0.4, -0.2) is 6.54 Å². The Balaban J connectivity index is 2.49. The Morgan fingerprint density at radius 3 is 2.52 bits per heavy atom. The van der Waals surface area contributed by atoms with Gasteiger partial charge in [-0.05, 0) is 55.3 Å². The van der Waals surface area contributed by atoms with Crippen molar-refractivity contribution in [2.45, 2.75) is 26.3 Å². The minimum Gasteiger partial charge on any atom is -0.306 e. The van der Waals surface area contributed by atoms with E-state index in [0.717, 1.165) is 24.1 Å². The van der Waals surface area contributed by atoms with Gasteiger partial charge in [-0.1, -0.05) is 35.0 Å². The molecule has 0 heterocycles. The molecule has 1 N–H and O–H groups in total. The largest absolute Gasteiger partial charge is 0.306 e. The summed E-state index contributed by atoms with van der Waals surface area (Å²) in [5, 5.41) is 3.31. The van der Waals surface area contributed by atoms with Gasteiger partial charge in [0.1, 0.15) is 11.6 Å². The Hall–Kier alpha value is -1.26. The Labute approximate surface area is 132 Å². The molecule has 1 unspecified atom stereocenters. The molecule has 0 spiro atoms. The van der Waals surface area contributed by atoms with Crippen molar-refractivity contribution in [1.82, 2.24) is 5.32 Å². The lowest BCUT2D eigenvalue weighted by Gasteiger charge is -2.22. The molecule has 1 atom stereocenters. The average molecular weight is 354 g/mol. The Morgan fingerprint density at radius 1 is 1.10 bits per heavy atom. The van der Waals surface area contributed by atoms with E-state index in [9.17, 15) is 8.78 Å². The highest BCUT2D eigenvalue weighted by Crippen LogP contribution is 2.29. The van der Waals surface area contributed by atoms with Crippen molar-refractivity contribution in [1.29, 1.82) is 0 Å². The number of nitrogens with one attached hydrogen (secondary N) is 1. The number of hydrogen-bond acceptors (Lipinski definition) is 1. The molecule has 2 rings (SSSR count). The second-order valence-electron chi connectivity index (χ2n) is 5.05. The minimum absolute atomic E-state index is 0.304. The maximum absolute atomic E-state index is 14.3. The lowest BCUT2D eigenvalue weighted by atomic mass is 9.94. The smallest absolute Gasteiger partial charge is 0.129 e. The first-order valence-electron chi connectivity index (χ1n) is 6.97. The zero-order valence-corrected chi connectivity index (χ0v) is 13.7. The minimum atomic E-state index is -0.353. The van der Waals surface area contributed by atoms with E-state index in [1.807, 2.05) is 13.8 Å². The topological polar surface area (TPSA) is 12.0 Å². The van der Waals surface area contributed by atoms with Crippen LogP contribution in [0.1, 0.15) is 36.1 Å². The number of hydrogen-bond donors (Lipinski definition) is 1. The van der Waals surface area contributed by atoms with E-state index in [4.69, 9.17) is 0 Å². The van der Waals surface area contributed by atoms with Gasteiger partial charge in [0.25, 0.3) is 0 Å². The lowest BCUT2D eigenvalue weighted by molar-refractivity contribution is 0.541. The fraction of sp³-hybridized carbons (Fsp3) is 0.294. The van der Waals surface area contributed by atoms with E-state index in [-0.39, 0.29) is 17.7 Å². The summed E-state index contributed by atoms with van der Waals surface area (Å²) in [6.45, 7) is 4.68. The maximum Gasteiger partial charge on any atom is 0.129 e. The first-order valence-corrected chi connectivity index (χ1v) is 7.76. The van der Waals surface area contributed by atoms with E-state index < -0.39 is 0 Å². The second-order valence-corrected chi connectivity index (χ2v) is 5.97. The number of aryl methyl sites for hydroxylation is 1. The van der Waals surface area contributed by atoms with Gasteiger partial charge < -0.3 is 5.32 Å². The molecule has 2 aromatic carbocycles. The molecule has 2 aromatic rings. The van der Waals surface area contributed by atoms with Crippen LogP contribution in [0.2, 0.25) is 0 Å². The summed E-state index contributed by atoms with van der Waals surface area (Å²) in [6.07, 6.45) is 0.920. The van der Waals surface area contributed by atoms with Gasteiger partial charge in [0.15, 0.2) is 0 Å². The lowest BCUT2D eigenvalue weighted by Crippen LogP contribution is -2.25. The van der Waals surface area contributed by atoms with Gasteiger partial charge in [-0.2, -0.15) is 0 Å². The third-order valence-corrected chi connectivity index (χ3v) is 3.92. The number of rotatable bonds is 5.